The zero-order valence-corrected chi connectivity index (χ0v) is 7.29. The second kappa shape index (κ2) is 3.02. The Balaban J connectivity index is 3.22. The standard InChI is InChI=1S/C7H5F3O2S/c1-3-4(7(8,9)10)2-13-5(3)6(11)12/h2H,1H3,(H,11,12). The molecular formula is C7H5F3O2S. The van der Waals surface area contributed by atoms with Crippen LogP contribution in [0, 0.1) is 6.92 Å². The lowest BCUT2D eigenvalue weighted by Crippen LogP contribution is -2.06. The number of carboxylic acids is 1. The first kappa shape index (κ1) is 10.0. The third-order valence-electron chi connectivity index (χ3n) is 1.54. The number of carboxylic acid groups (broad SMARTS) is 1. The Kier molecular flexibility index (Phi) is 2.34. The maximum absolute atomic E-state index is 12.1. The third kappa shape index (κ3) is 1.82. The number of alkyl halides is 3. The molecule has 0 bridgehead atoms. The van der Waals surface area contributed by atoms with Gasteiger partial charge in [0.1, 0.15) is 4.88 Å². The van der Waals surface area contributed by atoms with Gasteiger partial charge in [-0.05, 0) is 12.5 Å². The van der Waals surface area contributed by atoms with Gasteiger partial charge < -0.3 is 5.11 Å². The van der Waals surface area contributed by atoms with Gasteiger partial charge in [0.25, 0.3) is 0 Å². The lowest BCUT2D eigenvalue weighted by atomic mass is 10.1. The number of aromatic carboxylic acids is 1. The van der Waals surface area contributed by atoms with Crippen LogP contribution in [-0.4, -0.2) is 11.1 Å². The van der Waals surface area contributed by atoms with Crippen molar-refractivity contribution < 1.29 is 23.1 Å². The zero-order chi connectivity index (χ0) is 10.2. The summed E-state index contributed by atoms with van der Waals surface area (Å²) in [6, 6.07) is 0. The van der Waals surface area contributed by atoms with Gasteiger partial charge in [-0.15, -0.1) is 11.3 Å². The van der Waals surface area contributed by atoms with E-state index < -0.39 is 17.7 Å². The molecule has 1 N–H and O–H groups in total. The fourth-order valence-electron chi connectivity index (χ4n) is 0.907. The van der Waals surface area contributed by atoms with Gasteiger partial charge in [-0.25, -0.2) is 4.79 Å². The van der Waals surface area contributed by atoms with Gasteiger partial charge in [0.15, 0.2) is 0 Å². The van der Waals surface area contributed by atoms with Crippen molar-refractivity contribution in [3.05, 3.63) is 21.4 Å². The lowest BCUT2D eigenvalue weighted by molar-refractivity contribution is -0.137. The maximum atomic E-state index is 12.1. The van der Waals surface area contributed by atoms with Crippen LogP contribution in [0.4, 0.5) is 13.2 Å². The minimum absolute atomic E-state index is 0.218. The molecule has 72 valence electrons. The predicted octanol–water partition coefficient (Wildman–Crippen LogP) is 2.77. The molecule has 13 heavy (non-hydrogen) atoms. The van der Waals surface area contributed by atoms with Gasteiger partial charge in [-0.2, -0.15) is 13.2 Å². The molecule has 0 atom stereocenters. The van der Waals surface area contributed by atoms with Crippen LogP contribution in [0.15, 0.2) is 5.38 Å². The number of carbonyl (C=O) groups is 1. The molecule has 0 aliphatic heterocycles. The molecule has 0 aromatic carbocycles. The van der Waals surface area contributed by atoms with Crippen LogP contribution in [0.2, 0.25) is 0 Å². The minimum atomic E-state index is -4.46. The Labute approximate surface area is 75.6 Å². The molecule has 1 heterocycles. The summed E-state index contributed by atoms with van der Waals surface area (Å²) < 4.78 is 36.4. The van der Waals surface area contributed by atoms with Gasteiger partial charge in [-0.1, -0.05) is 0 Å². The quantitative estimate of drug-likeness (QED) is 0.773. The van der Waals surface area contributed by atoms with E-state index in [9.17, 15) is 18.0 Å². The summed E-state index contributed by atoms with van der Waals surface area (Å²) in [5.74, 6) is -1.32. The number of rotatable bonds is 1. The van der Waals surface area contributed by atoms with Crippen LogP contribution >= 0.6 is 11.3 Å². The fraction of sp³-hybridized carbons (Fsp3) is 0.286. The zero-order valence-electron chi connectivity index (χ0n) is 6.47. The monoisotopic (exact) mass is 210 g/mol. The van der Waals surface area contributed by atoms with Gasteiger partial charge in [0.2, 0.25) is 0 Å². The molecule has 1 aromatic rings. The third-order valence-corrected chi connectivity index (χ3v) is 2.61. The van der Waals surface area contributed by atoms with Gasteiger partial charge in [0.05, 0.1) is 5.56 Å². The Morgan fingerprint density at radius 3 is 2.31 bits per heavy atom. The average molecular weight is 210 g/mol. The molecule has 0 radical (unpaired) electrons. The summed E-state index contributed by atoms with van der Waals surface area (Å²) in [7, 11) is 0. The van der Waals surface area contributed by atoms with Crippen LogP contribution < -0.4 is 0 Å². The van der Waals surface area contributed by atoms with Crippen molar-refractivity contribution >= 4 is 17.3 Å². The molecule has 0 aliphatic carbocycles. The summed E-state index contributed by atoms with van der Waals surface area (Å²) in [5, 5.41) is 9.31. The Morgan fingerprint density at radius 1 is 1.54 bits per heavy atom. The SMILES string of the molecule is Cc1c(C(F)(F)F)csc1C(=O)O. The van der Waals surface area contributed by atoms with Gasteiger partial charge in [0, 0.05) is 5.38 Å². The number of halogens is 3. The highest BCUT2D eigenvalue weighted by atomic mass is 32.1. The van der Waals surface area contributed by atoms with E-state index in [2.05, 4.69) is 0 Å². The van der Waals surface area contributed by atoms with Crippen molar-refractivity contribution in [2.24, 2.45) is 0 Å². The summed E-state index contributed by atoms with van der Waals surface area (Å²) >= 11 is 0.592. The van der Waals surface area contributed by atoms with E-state index in [-0.39, 0.29) is 10.4 Å². The molecular weight excluding hydrogens is 205 g/mol. The van der Waals surface area contributed by atoms with E-state index in [4.69, 9.17) is 5.11 Å². The van der Waals surface area contributed by atoms with Crippen LogP contribution in [0.1, 0.15) is 20.8 Å². The van der Waals surface area contributed by atoms with Crippen LogP contribution in [-0.2, 0) is 6.18 Å². The van der Waals surface area contributed by atoms with Crippen LogP contribution in [0.25, 0.3) is 0 Å². The molecule has 0 amide bonds. The summed E-state index contributed by atoms with van der Waals surface area (Å²) in [6.45, 7) is 1.16. The highest BCUT2D eigenvalue weighted by Crippen LogP contribution is 2.36. The topological polar surface area (TPSA) is 37.3 Å². The van der Waals surface area contributed by atoms with E-state index in [1.54, 1.807) is 0 Å². The Hall–Kier alpha value is -1.04. The molecule has 0 saturated carbocycles. The first-order chi connectivity index (χ1) is 5.84. The van der Waals surface area contributed by atoms with Crippen molar-refractivity contribution in [3.8, 4) is 0 Å². The van der Waals surface area contributed by atoms with Crippen LogP contribution in [0.5, 0.6) is 0 Å². The molecule has 0 fully saturated rings. The Morgan fingerprint density at radius 2 is 2.08 bits per heavy atom. The molecule has 0 spiro atoms. The van der Waals surface area contributed by atoms with E-state index in [0.717, 1.165) is 12.3 Å². The van der Waals surface area contributed by atoms with E-state index in [1.807, 2.05) is 0 Å². The van der Waals surface area contributed by atoms with E-state index >= 15 is 0 Å². The average Bonchev–Trinajstić information content (AvgIpc) is 2.28. The maximum Gasteiger partial charge on any atom is 0.417 e. The predicted molar refractivity (Wildman–Crippen MR) is 41.0 cm³/mol. The first-order valence-electron chi connectivity index (χ1n) is 3.22. The first-order valence-corrected chi connectivity index (χ1v) is 4.10. The van der Waals surface area contributed by atoms with Crippen LogP contribution in [0.3, 0.4) is 0 Å². The molecule has 0 saturated heterocycles. The summed E-state index contributed by atoms with van der Waals surface area (Å²) in [4.78, 5) is 10.1. The second-order valence-corrected chi connectivity index (χ2v) is 3.29. The smallest absolute Gasteiger partial charge is 0.417 e. The van der Waals surface area contributed by atoms with E-state index in [1.165, 1.54) is 0 Å². The molecule has 0 unspecified atom stereocenters. The van der Waals surface area contributed by atoms with Gasteiger partial charge in [-0.3, -0.25) is 0 Å². The highest BCUT2D eigenvalue weighted by molar-refractivity contribution is 7.12. The van der Waals surface area contributed by atoms with Crippen molar-refractivity contribution in [2.75, 3.05) is 0 Å². The summed E-state index contributed by atoms with van der Waals surface area (Å²) in [5.41, 5.74) is -1.08. The number of thiophene rings is 1. The number of hydrogen-bond acceptors (Lipinski definition) is 2. The minimum Gasteiger partial charge on any atom is -0.477 e. The molecule has 1 aromatic heterocycles. The van der Waals surface area contributed by atoms with Gasteiger partial charge >= 0.3 is 12.1 Å². The van der Waals surface area contributed by atoms with Crippen molar-refractivity contribution in [2.45, 2.75) is 13.1 Å². The normalized spacial score (nSPS) is 11.7. The fourth-order valence-corrected chi connectivity index (χ4v) is 1.84. The molecule has 2 nitrogen and oxygen atoms in total. The number of hydrogen-bond donors (Lipinski definition) is 1. The molecule has 6 heteroatoms. The van der Waals surface area contributed by atoms with E-state index in [0.29, 0.717) is 11.3 Å². The molecule has 0 aliphatic rings. The molecule has 1 rings (SSSR count). The highest BCUT2D eigenvalue weighted by Gasteiger charge is 2.35. The Bertz CT molecular complexity index is 340. The second-order valence-electron chi connectivity index (χ2n) is 2.41. The lowest BCUT2D eigenvalue weighted by Gasteiger charge is -2.04. The van der Waals surface area contributed by atoms with Crippen molar-refractivity contribution in [1.29, 1.82) is 0 Å². The van der Waals surface area contributed by atoms with Crippen molar-refractivity contribution in [1.82, 2.24) is 0 Å². The summed E-state index contributed by atoms with van der Waals surface area (Å²) in [6.07, 6.45) is -4.46. The van der Waals surface area contributed by atoms with Crippen molar-refractivity contribution in [3.63, 3.8) is 0 Å². The largest absolute Gasteiger partial charge is 0.477 e.